The summed E-state index contributed by atoms with van der Waals surface area (Å²) in [6.07, 6.45) is 8.57. The van der Waals surface area contributed by atoms with Gasteiger partial charge in [0.1, 0.15) is 0 Å². The van der Waals surface area contributed by atoms with Gasteiger partial charge in [-0.15, -0.1) is 0 Å². The topological polar surface area (TPSA) is 24.5 Å². The van der Waals surface area contributed by atoms with Crippen molar-refractivity contribution in [1.29, 1.82) is 0 Å². The fourth-order valence-electron chi connectivity index (χ4n) is 4.29. The van der Waals surface area contributed by atoms with Crippen LogP contribution in [0.4, 0.5) is 0 Å². The molecule has 0 aromatic carbocycles. The average molecular weight is 296 g/mol. The summed E-state index contributed by atoms with van der Waals surface area (Å²) in [5.41, 5.74) is 0. The molecule has 21 heavy (non-hydrogen) atoms. The first-order valence-corrected chi connectivity index (χ1v) is 9.34. The number of hydrogen-bond donors (Lipinski definition) is 1. The highest BCUT2D eigenvalue weighted by atomic mass is 16.5. The second kappa shape index (κ2) is 9.12. The van der Waals surface area contributed by atoms with Crippen LogP contribution in [0, 0.1) is 11.8 Å². The molecule has 1 saturated heterocycles. The Morgan fingerprint density at radius 1 is 1.05 bits per heavy atom. The zero-order chi connectivity index (χ0) is 15.1. The number of rotatable bonds is 7. The predicted octanol–water partition coefficient (Wildman–Crippen LogP) is 3.29. The van der Waals surface area contributed by atoms with E-state index in [1.807, 2.05) is 0 Å². The molecule has 124 valence electrons. The van der Waals surface area contributed by atoms with Gasteiger partial charge in [0.05, 0.1) is 6.10 Å². The molecular weight excluding hydrogens is 260 g/mol. The van der Waals surface area contributed by atoms with Crippen LogP contribution in [0.25, 0.3) is 0 Å². The van der Waals surface area contributed by atoms with Crippen LogP contribution in [0.15, 0.2) is 0 Å². The fraction of sp³-hybridized carbons (Fsp3) is 1.00. The number of nitrogens with zero attached hydrogens (tertiary/aromatic N) is 1. The molecule has 0 aromatic heterocycles. The molecule has 0 aromatic rings. The van der Waals surface area contributed by atoms with Crippen LogP contribution < -0.4 is 5.32 Å². The lowest BCUT2D eigenvalue weighted by molar-refractivity contribution is 0.00687. The molecule has 3 nitrogen and oxygen atoms in total. The molecule has 0 amide bonds. The third-order valence-electron chi connectivity index (χ3n) is 5.56. The summed E-state index contributed by atoms with van der Waals surface area (Å²) in [5.74, 6) is 1.82. The van der Waals surface area contributed by atoms with Gasteiger partial charge in [0.15, 0.2) is 0 Å². The molecule has 1 heterocycles. The summed E-state index contributed by atoms with van der Waals surface area (Å²) in [5, 5.41) is 3.75. The van der Waals surface area contributed by atoms with Crippen LogP contribution >= 0.6 is 0 Å². The average Bonchev–Trinajstić information content (AvgIpc) is 2.51. The first-order valence-electron chi connectivity index (χ1n) is 9.34. The standard InChI is InChI=1S/C18H36N2O/c1-4-15-7-8-18(19-5-2)16(13-15)14-20-11-9-17(10-12-20)21-6-3/h15-19H,4-14H2,1-3H3. The Morgan fingerprint density at radius 2 is 1.81 bits per heavy atom. The monoisotopic (exact) mass is 296 g/mol. The van der Waals surface area contributed by atoms with Crippen LogP contribution in [0.1, 0.15) is 59.3 Å². The van der Waals surface area contributed by atoms with Crippen molar-refractivity contribution in [3.63, 3.8) is 0 Å². The minimum absolute atomic E-state index is 0.519. The summed E-state index contributed by atoms with van der Waals surface area (Å²) >= 11 is 0. The quantitative estimate of drug-likeness (QED) is 0.780. The van der Waals surface area contributed by atoms with Crippen molar-refractivity contribution in [3.05, 3.63) is 0 Å². The fourth-order valence-corrected chi connectivity index (χ4v) is 4.29. The zero-order valence-electron chi connectivity index (χ0n) is 14.4. The lowest BCUT2D eigenvalue weighted by atomic mass is 9.76. The highest BCUT2D eigenvalue weighted by molar-refractivity contribution is 4.87. The van der Waals surface area contributed by atoms with E-state index in [1.54, 1.807) is 0 Å². The molecule has 2 rings (SSSR count). The molecule has 3 heteroatoms. The van der Waals surface area contributed by atoms with Gasteiger partial charge < -0.3 is 15.0 Å². The van der Waals surface area contributed by atoms with E-state index < -0.39 is 0 Å². The SMILES string of the molecule is CCNC1CCC(CC)CC1CN1CCC(OCC)CC1. The van der Waals surface area contributed by atoms with E-state index in [9.17, 15) is 0 Å². The van der Waals surface area contributed by atoms with E-state index in [1.165, 1.54) is 58.2 Å². The molecule has 1 N–H and O–H groups in total. The van der Waals surface area contributed by atoms with Crippen molar-refractivity contribution < 1.29 is 4.74 Å². The molecule has 1 aliphatic heterocycles. The van der Waals surface area contributed by atoms with Crippen LogP contribution in [-0.4, -0.2) is 49.8 Å². The summed E-state index contributed by atoms with van der Waals surface area (Å²) in [4.78, 5) is 2.70. The largest absolute Gasteiger partial charge is 0.378 e. The van der Waals surface area contributed by atoms with Crippen molar-refractivity contribution in [2.75, 3.05) is 32.8 Å². The van der Waals surface area contributed by atoms with E-state index in [-0.39, 0.29) is 0 Å². The number of ether oxygens (including phenoxy) is 1. The van der Waals surface area contributed by atoms with E-state index >= 15 is 0 Å². The lowest BCUT2D eigenvalue weighted by Gasteiger charge is -2.41. The number of piperidine rings is 1. The lowest BCUT2D eigenvalue weighted by Crippen LogP contribution is -2.48. The molecule has 2 fully saturated rings. The van der Waals surface area contributed by atoms with Crippen LogP contribution in [0.5, 0.6) is 0 Å². The Hall–Kier alpha value is -0.120. The molecule has 3 atom stereocenters. The van der Waals surface area contributed by atoms with Crippen molar-refractivity contribution in [3.8, 4) is 0 Å². The van der Waals surface area contributed by atoms with Crippen LogP contribution in [0.2, 0.25) is 0 Å². The van der Waals surface area contributed by atoms with E-state index in [4.69, 9.17) is 4.74 Å². The molecule has 0 bridgehead atoms. The normalized spacial score (nSPS) is 32.4. The summed E-state index contributed by atoms with van der Waals surface area (Å²) < 4.78 is 5.78. The number of hydrogen-bond acceptors (Lipinski definition) is 3. The first kappa shape index (κ1) is 17.2. The molecular formula is C18H36N2O. The van der Waals surface area contributed by atoms with Gasteiger partial charge in [0, 0.05) is 32.3 Å². The maximum Gasteiger partial charge on any atom is 0.0599 e. The van der Waals surface area contributed by atoms with Gasteiger partial charge in [-0.2, -0.15) is 0 Å². The third-order valence-corrected chi connectivity index (χ3v) is 5.56. The maximum absolute atomic E-state index is 5.78. The minimum Gasteiger partial charge on any atom is -0.378 e. The van der Waals surface area contributed by atoms with Crippen molar-refractivity contribution in [2.24, 2.45) is 11.8 Å². The summed E-state index contributed by atoms with van der Waals surface area (Å²) in [6.45, 7) is 12.5. The smallest absolute Gasteiger partial charge is 0.0599 e. The number of likely N-dealkylation sites (tertiary alicyclic amines) is 1. The Bertz CT molecular complexity index is 276. The Labute approximate surface area is 131 Å². The second-order valence-electron chi connectivity index (χ2n) is 6.97. The molecule has 0 spiro atoms. The van der Waals surface area contributed by atoms with Gasteiger partial charge in [-0.1, -0.05) is 20.3 Å². The third kappa shape index (κ3) is 5.22. The van der Waals surface area contributed by atoms with Gasteiger partial charge in [0.25, 0.3) is 0 Å². The van der Waals surface area contributed by atoms with E-state index in [0.29, 0.717) is 6.10 Å². The molecule has 1 aliphatic carbocycles. The maximum atomic E-state index is 5.78. The summed E-state index contributed by atoms with van der Waals surface area (Å²) in [7, 11) is 0. The molecule has 3 unspecified atom stereocenters. The van der Waals surface area contributed by atoms with Crippen LogP contribution in [-0.2, 0) is 4.74 Å². The minimum atomic E-state index is 0.519. The Kier molecular flexibility index (Phi) is 7.48. The second-order valence-corrected chi connectivity index (χ2v) is 6.97. The van der Waals surface area contributed by atoms with Crippen molar-refractivity contribution in [1.82, 2.24) is 10.2 Å². The highest BCUT2D eigenvalue weighted by Crippen LogP contribution is 2.32. The van der Waals surface area contributed by atoms with Gasteiger partial charge in [-0.25, -0.2) is 0 Å². The Balaban J connectivity index is 1.81. The zero-order valence-corrected chi connectivity index (χ0v) is 14.4. The van der Waals surface area contributed by atoms with Gasteiger partial charge >= 0.3 is 0 Å². The number of nitrogens with one attached hydrogen (secondary N) is 1. The van der Waals surface area contributed by atoms with Crippen LogP contribution in [0.3, 0.4) is 0 Å². The predicted molar refractivity (Wildman–Crippen MR) is 89.7 cm³/mol. The van der Waals surface area contributed by atoms with E-state index in [0.717, 1.165) is 31.0 Å². The van der Waals surface area contributed by atoms with E-state index in [2.05, 4.69) is 31.0 Å². The molecule has 2 aliphatic rings. The van der Waals surface area contributed by atoms with Gasteiger partial charge in [0.2, 0.25) is 0 Å². The Morgan fingerprint density at radius 3 is 2.43 bits per heavy atom. The van der Waals surface area contributed by atoms with Crippen molar-refractivity contribution >= 4 is 0 Å². The van der Waals surface area contributed by atoms with Gasteiger partial charge in [-0.3, -0.25) is 0 Å². The van der Waals surface area contributed by atoms with Crippen molar-refractivity contribution in [2.45, 2.75) is 71.4 Å². The first-order chi connectivity index (χ1) is 10.3. The molecule has 1 saturated carbocycles. The van der Waals surface area contributed by atoms with Gasteiger partial charge in [-0.05, 0) is 57.4 Å². The highest BCUT2D eigenvalue weighted by Gasteiger charge is 2.31. The summed E-state index contributed by atoms with van der Waals surface area (Å²) in [6, 6.07) is 0.752. The molecule has 0 radical (unpaired) electrons.